The zero-order valence-corrected chi connectivity index (χ0v) is 10.1. The molecule has 0 aliphatic heterocycles. The molecule has 7 nitrogen and oxygen atoms in total. The molecule has 0 amide bonds. The van der Waals surface area contributed by atoms with Crippen molar-refractivity contribution >= 4 is 5.57 Å². The van der Waals surface area contributed by atoms with Gasteiger partial charge in [-0.15, -0.1) is 0 Å². The van der Waals surface area contributed by atoms with Gasteiger partial charge in [0.2, 0.25) is 5.88 Å². The van der Waals surface area contributed by atoms with E-state index in [1.807, 2.05) is 0 Å². The number of hydrogen-bond donors (Lipinski definition) is 2. The van der Waals surface area contributed by atoms with Crippen LogP contribution in [-0.2, 0) is 18.9 Å². The molecule has 0 radical (unpaired) electrons. The van der Waals surface area contributed by atoms with E-state index in [1.165, 1.54) is 27.4 Å². The first kappa shape index (κ1) is 13.0. The lowest BCUT2D eigenvalue weighted by Gasteiger charge is -2.10. The summed E-state index contributed by atoms with van der Waals surface area (Å²) < 4.78 is 1.93. The molecule has 2 N–H and O–H groups in total. The van der Waals surface area contributed by atoms with Gasteiger partial charge < -0.3 is 5.11 Å². The molecule has 0 aliphatic carbocycles. The van der Waals surface area contributed by atoms with Crippen LogP contribution in [0.3, 0.4) is 0 Å². The molecule has 0 bridgehead atoms. The highest BCUT2D eigenvalue weighted by molar-refractivity contribution is 5.66. The largest absolute Gasteiger partial charge is 0.494 e. The summed E-state index contributed by atoms with van der Waals surface area (Å²) >= 11 is 0. The number of allylic oxidation sites excluding steroid dienone is 1. The van der Waals surface area contributed by atoms with Crippen LogP contribution in [0.1, 0.15) is 12.5 Å². The van der Waals surface area contributed by atoms with Gasteiger partial charge in [0.05, 0.1) is 7.11 Å². The minimum atomic E-state index is -0.580. The van der Waals surface area contributed by atoms with Crippen LogP contribution in [0.15, 0.2) is 15.8 Å². The van der Waals surface area contributed by atoms with Crippen LogP contribution in [0.2, 0.25) is 0 Å². The minimum Gasteiger partial charge on any atom is -0.494 e. The van der Waals surface area contributed by atoms with Gasteiger partial charge in [-0.25, -0.2) is 4.79 Å². The molecule has 1 aromatic rings. The van der Waals surface area contributed by atoms with Crippen molar-refractivity contribution in [2.75, 3.05) is 7.11 Å². The van der Waals surface area contributed by atoms with Gasteiger partial charge in [-0.1, -0.05) is 0 Å². The summed E-state index contributed by atoms with van der Waals surface area (Å²) in [5.74, 6) is -0.371. The fourth-order valence-electron chi connectivity index (χ4n) is 1.40. The third-order valence-electron chi connectivity index (χ3n) is 2.42. The number of aromatic nitrogens is 2. The normalized spacial score (nSPS) is 11.6. The second-order valence-electron chi connectivity index (χ2n) is 3.55. The molecule has 0 aliphatic rings. The summed E-state index contributed by atoms with van der Waals surface area (Å²) in [6.45, 7) is 1.62. The quantitative estimate of drug-likeness (QED) is 0.684. The molecule has 7 heteroatoms. The molecular formula is C10H15N3O4. The van der Waals surface area contributed by atoms with Crippen molar-refractivity contribution in [2.24, 2.45) is 14.1 Å². The number of aromatic hydroxyl groups is 1. The Balaban J connectivity index is 3.56. The van der Waals surface area contributed by atoms with Crippen molar-refractivity contribution in [3.05, 3.63) is 32.6 Å². The Morgan fingerprint density at radius 2 is 1.94 bits per heavy atom. The van der Waals surface area contributed by atoms with Crippen LogP contribution in [0.25, 0.3) is 5.57 Å². The summed E-state index contributed by atoms with van der Waals surface area (Å²) in [7, 11) is 4.16. The zero-order valence-electron chi connectivity index (χ0n) is 10.1. The van der Waals surface area contributed by atoms with Gasteiger partial charge in [-0.05, 0) is 12.5 Å². The minimum absolute atomic E-state index is 0.0548. The van der Waals surface area contributed by atoms with Crippen LogP contribution in [0.4, 0.5) is 0 Å². The van der Waals surface area contributed by atoms with Crippen molar-refractivity contribution in [2.45, 2.75) is 6.92 Å². The number of rotatable bonds is 3. The maximum atomic E-state index is 11.8. The van der Waals surface area contributed by atoms with Gasteiger partial charge >= 0.3 is 5.69 Å². The van der Waals surface area contributed by atoms with Crippen LogP contribution in [0.5, 0.6) is 5.88 Å². The molecular weight excluding hydrogens is 226 g/mol. The average molecular weight is 241 g/mol. The van der Waals surface area contributed by atoms with Crippen molar-refractivity contribution in [3.8, 4) is 5.88 Å². The lowest BCUT2D eigenvalue weighted by Crippen LogP contribution is -2.38. The fourth-order valence-corrected chi connectivity index (χ4v) is 1.40. The van der Waals surface area contributed by atoms with Gasteiger partial charge in [0.1, 0.15) is 5.56 Å². The molecule has 0 saturated carbocycles. The first-order valence-corrected chi connectivity index (χ1v) is 4.86. The van der Waals surface area contributed by atoms with E-state index in [0.29, 0.717) is 5.57 Å². The molecule has 1 rings (SSSR count). The highest BCUT2D eigenvalue weighted by atomic mass is 16.6. The van der Waals surface area contributed by atoms with Crippen LogP contribution in [-0.4, -0.2) is 21.4 Å². The Morgan fingerprint density at radius 1 is 1.35 bits per heavy atom. The third kappa shape index (κ3) is 2.23. The van der Waals surface area contributed by atoms with E-state index in [0.717, 1.165) is 9.13 Å². The highest BCUT2D eigenvalue weighted by Crippen LogP contribution is 2.17. The Labute approximate surface area is 97.5 Å². The average Bonchev–Trinajstić information content (AvgIpc) is 2.31. The molecule has 0 saturated heterocycles. The smallest absolute Gasteiger partial charge is 0.333 e. The Kier molecular flexibility index (Phi) is 3.74. The number of hydroxylamine groups is 1. The van der Waals surface area contributed by atoms with Crippen molar-refractivity contribution < 1.29 is 9.94 Å². The second kappa shape index (κ2) is 4.88. The summed E-state index contributed by atoms with van der Waals surface area (Å²) in [4.78, 5) is 28.0. The number of hydrogen-bond acceptors (Lipinski definition) is 5. The molecule has 0 unspecified atom stereocenters. The topological polar surface area (TPSA) is 85.5 Å². The Bertz CT molecular complexity index is 568. The number of nitrogens with one attached hydrogen (secondary N) is 1. The zero-order chi connectivity index (χ0) is 13.2. The Hall–Kier alpha value is -2.02. The van der Waals surface area contributed by atoms with E-state index in [-0.39, 0.29) is 11.4 Å². The van der Waals surface area contributed by atoms with Crippen LogP contribution >= 0.6 is 0 Å². The maximum Gasteiger partial charge on any atom is 0.333 e. The monoisotopic (exact) mass is 241 g/mol. The van der Waals surface area contributed by atoms with E-state index >= 15 is 0 Å². The predicted molar refractivity (Wildman–Crippen MR) is 62.4 cm³/mol. The van der Waals surface area contributed by atoms with Gasteiger partial charge in [-0.2, -0.15) is 0 Å². The standard InChI is InChI=1S/C10H15N3O4/c1-6(5-11-17-4)7-8(14)12(2)10(16)13(3)9(7)15/h5,11,14H,1-4H3/b6-5+. The highest BCUT2D eigenvalue weighted by Gasteiger charge is 2.15. The van der Waals surface area contributed by atoms with Crippen LogP contribution < -0.4 is 16.7 Å². The fraction of sp³-hybridized carbons (Fsp3) is 0.400. The molecule has 0 fully saturated rings. The lowest BCUT2D eigenvalue weighted by atomic mass is 10.1. The molecule has 0 aromatic carbocycles. The van der Waals surface area contributed by atoms with Gasteiger partial charge in [0.25, 0.3) is 5.56 Å². The summed E-state index contributed by atoms with van der Waals surface area (Å²) in [6.07, 6.45) is 1.42. The summed E-state index contributed by atoms with van der Waals surface area (Å²) in [6, 6.07) is 0. The molecule has 0 atom stereocenters. The van der Waals surface area contributed by atoms with Crippen LogP contribution in [0, 0.1) is 0 Å². The third-order valence-corrected chi connectivity index (χ3v) is 2.42. The number of nitrogens with zero attached hydrogens (tertiary/aromatic N) is 2. The molecule has 1 aromatic heterocycles. The van der Waals surface area contributed by atoms with Gasteiger partial charge in [0, 0.05) is 20.3 Å². The molecule has 94 valence electrons. The van der Waals surface area contributed by atoms with Crippen molar-refractivity contribution in [1.29, 1.82) is 0 Å². The Morgan fingerprint density at radius 3 is 2.47 bits per heavy atom. The van der Waals surface area contributed by atoms with E-state index < -0.39 is 11.2 Å². The summed E-state index contributed by atoms with van der Waals surface area (Å²) in [5, 5.41) is 9.79. The molecule has 17 heavy (non-hydrogen) atoms. The molecule has 0 spiro atoms. The first-order valence-electron chi connectivity index (χ1n) is 4.86. The van der Waals surface area contributed by atoms with Crippen molar-refractivity contribution in [1.82, 2.24) is 14.6 Å². The maximum absolute atomic E-state index is 11.8. The predicted octanol–water partition coefficient (Wildman–Crippen LogP) is -0.699. The molecule has 1 heterocycles. The first-order chi connectivity index (χ1) is 7.91. The van der Waals surface area contributed by atoms with Crippen molar-refractivity contribution in [3.63, 3.8) is 0 Å². The summed E-state index contributed by atoms with van der Waals surface area (Å²) in [5.41, 5.74) is 1.82. The SMILES string of the molecule is CON/C=C(\C)c1c(O)n(C)c(=O)n(C)c1=O. The van der Waals surface area contributed by atoms with E-state index in [9.17, 15) is 14.7 Å². The van der Waals surface area contributed by atoms with E-state index in [4.69, 9.17) is 0 Å². The lowest BCUT2D eigenvalue weighted by molar-refractivity contribution is 0.128. The van der Waals surface area contributed by atoms with E-state index in [1.54, 1.807) is 6.92 Å². The van der Waals surface area contributed by atoms with Gasteiger partial charge in [-0.3, -0.25) is 24.2 Å². The van der Waals surface area contributed by atoms with Gasteiger partial charge in [0.15, 0.2) is 0 Å². The van der Waals surface area contributed by atoms with E-state index in [2.05, 4.69) is 10.3 Å². The second-order valence-corrected chi connectivity index (χ2v) is 3.55.